The Morgan fingerprint density at radius 3 is 2.89 bits per heavy atom. The maximum absolute atomic E-state index is 12.2. The van der Waals surface area contributed by atoms with E-state index in [4.69, 9.17) is 11.6 Å². The number of amides is 1. The molecule has 2 unspecified atom stereocenters. The van der Waals surface area contributed by atoms with Crippen LogP contribution >= 0.6 is 43.5 Å². The molecular weight excluding hydrogens is 381 g/mol. The van der Waals surface area contributed by atoms with Crippen LogP contribution in [0.25, 0.3) is 0 Å². The van der Waals surface area contributed by atoms with E-state index in [9.17, 15) is 4.79 Å². The molecule has 2 nitrogen and oxygen atoms in total. The maximum Gasteiger partial charge on any atom is 0.252 e. The largest absolute Gasteiger partial charge is 0.349 e. The number of benzene rings is 1. The van der Waals surface area contributed by atoms with Crippen LogP contribution in [0.4, 0.5) is 0 Å². The second-order valence-corrected chi connectivity index (χ2v) is 6.49. The van der Waals surface area contributed by atoms with Crippen LogP contribution in [0.2, 0.25) is 5.02 Å². The van der Waals surface area contributed by atoms with Crippen LogP contribution in [0, 0.1) is 5.92 Å². The first-order valence-corrected chi connectivity index (χ1v) is 8.23. The van der Waals surface area contributed by atoms with Gasteiger partial charge in [0, 0.05) is 20.9 Å². The Morgan fingerprint density at radius 1 is 1.44 bits per heavy atom. The third-order valence-electron chi connectivity index (χ3n) is 3.35. The fraction of sp³-hybridized carbons (Fsp3) is 0.462. The van der Waals surface area contributed by atoms with Crippen molar-refractivity contribution in [2.24, 2.45) is 5.92 Å². The highest BCUT2D eigenvalue weighted by atomic mass is 79.9. The summed E-state index contributed by atoms with van der Waals surface area (Å²) in [5.41, 5.74) is 0.639. The fourth-order valence-corrected chi connectivity index (χ4v) is 3.97. The van der Waals surface area contributed by atoms with Gasteiger partial charge in [-0.05, 0) is 52.9 Å². The van der Waals surface area contributed by atoms with Crippen molar-refractivity contribution in [2.75, 3.05) is 5.33 Å². The first kappa shape index (κ1) is 14.4. The van der Waals surface area contributed by atoms with E-state index in [-0.39, 0.29) is 11.9 Å². The summed E-state index contributed by atoms with van der Waals surface area (Å²) in [7, 11) is 0. The maximum atomic E-state index is 12.2. The predicted molar refractivity (Wildman–Crippen MR) is 81.5 cm³/mol. The monoisotopic (exact) mass is 393 g/mol. The second kappa shape index (κ2) is 6.40. The number of carbonyl (C=O) groups is 1. The van der Waals surface area contributed by atoms with E-state index in [1.807, 2.05) is 0 Å². The molecule has 0 spiro atoms. The van der Waals surface area contributed by atoms with Gasteiger partial charge < -0.3 is 5.32 Å². The lowest BCUT2D eigenvalue weighted by Gasteiger charge is -2.19. The first-order chi connectivity index (χ1) is 8.61. The quantitative estimate of drug-likeness (QED) is 0.756. The summed E-state index contributed by atoms with van der Waals surface area (Å²) in [4.78, 5) is 12.2. The van der Waals surface area contributed by atoms with Gasteiger partial charge in [0.05, 0.1) is 5.56 Å². The van der Waals surface area contributed by atoms with Crippen LogP contribution in [0.3, 0.4) is 0 Å². The lowest BCUT2D eigenvalue weighted by Crippen LogP contribution is -2.38. The minimum Gasteiger partial charge on any atom is -0.349 e. The molecule has 0 aliphatic heterocycles. The number of rotatable bonds is 3. The molecule has 1 fully saturated rings. The molecule has 1 saturated carbocycles. The lowest BCUT2D eigenvalue weighted by molar-refractivity contribution is 0.0929. The lowest BCUT2D eigenvalue weighted by atomic mass is 10.1. The molecule has 98 valence electrons. The molecule has 1 N–H and O–H groups in total. The third kappa shape index (κ3) is 3.28. The van der Waals surface area contributed by atoms with Crippen LogP contribution in [-0.2, 0) is 0 Å². The van der Waals surface area contributed by atoms with Crippen LogP contribution < -0.4 is 5.32 Å². The Hall–Kier alpha value is -0.0600. The average molecular weight is 396 g/mol. The van der Waals surface area contributed by atoms with Crippen molar-refractivity contribution in [1.82, 2.24) is 5.32 Å². The van der Waals surface area contributed by atoms with Gasteiger partial charge in [0.15, 0.2) is 0 Å². The van der Waals surface area contributed by atoms with E-state index in [2.05, 4.69) is 37.2 Å². The third-order valence-corrected chi connectivity index (χ3v) is 5.07. The molecular formula is C13H14Br2ClNO. The van der Waals surface area contributed by atoms with Gasteiger partial charge >= 0.3 is 0 Å². The zero-order chi connectivity index (χ0) is 13.1. The van der Waals surface area contributed by atoms with E-state index < -0.39 is 0 Å². The molecule has 0 bridgehead atoms. The predicted octanol–water partition coefficient (Wildman–Crippen LogP) is 4.40. The molecule has 1 aromatic rings. The van der Waals surface area contributed by atoms with Crippen LogP contribution in [0.5, 0.6) is 0 Å². The summed E-state index contributed by atoms with van der Waals surface area (Å²) in [5, 5.41) is 4.68. The van der Waals surface area contributed by atoms with E-state index in [0.29, 0.717) is 16.5 Å². The Labute approximate surface area is 129 Å². The molecule has 0 aromatic heterocycles. The molecule has 1 aromatic carbocycles. The van der Waals surface area contributed by atoms with Crippen molar-refractivity contribution in [3.05, 3.63) is 33.3 Å². The zero-order valence-electron chi connectivity index (χ0n) is 9.76. The average Bonchev–Trinajstić information content (AvgIpc) is 2.76. The highest BCUT2D eigenvalue weighted by Crippen LogP contribution is 2.28. The molecule has 2 rings (SSSR count). The van der Waals surface area contributed by atoms with Crippen LogP contribution in [-0.4, -0.2) is 17.3 Å². The van der Waals surface area contributed by atoms with E-state index in [1.54, 1.807) is 18.2 Å². The summed E-state index contributed by atoms with van der Waals surface area (Å²) in [6.45, 7) is 0. The Kier molecular flexibility index (Phi) is 5.10. The normalized spacial score (nSPS) is 23.1. The zero-order valence-corrected chi connectivity index (χ0v) is 13.7. The number of hydrogen-bond acceptors (Lipinski definition) is 1. The molecule has 1 aliphatic rings. The highest BCUT2D eigenvalue weighted by Gasteiger charge is 2.28. The SMILES string of the molecule is O=C(NC1CCCC1CBr)c1ccc(Cl)cc1Br. The summed E-state index contributed by atoms with van der Waals surface area (Å²) in [6.07, 6.45) is 3.42. The van der Waals surface area contributed by atoms with Crippen molar-refractivity contribution >= 4 is 49.4 Å². The number of carbonyl (C=O) groups excluding carboxylic acids is 1. The van der Waals surface area contributed by atoms with Gasteiger partial charge in [0.2, 0.25) is 0 Å². The summed E-state index contributed by atoms with van der Waals surface area (Å²) in [6, 6.07) is 5.50. The van der Waals surface area contributed by atoms with Crippen molar-refractivity contribution in [1.29, 1.82) is 0 Å². The minimum atomic E-state index is -0.0311. The van der Waals surface area contributed by atoms with Gasteiger partial charge in [-0.2, -0.15) is 0 Å². The molecule has 0 radical (unpaired) electrons. The molecule has 0 heterocycles. The number of hydrogen-bond donors (Lipinski definition) is 1. The van der Waals surface area contributed by atoms with Crippen molar-refractivity contribution in [3.8, 4) is 0 Å². The van der Waals surface area contributed by atoms with E-state index >= 15 is 0 Å². The fourth-order valence-electron chi connectivity index (χ4n) is 2.33. The standard InChI is InChI=1S/C13H14Br2ClNO/c14-7-8-2-1-3-12(8)17-13(18)10-5-4-9(16)6-11(10)15/h4-6,8,12H,1-3,7H2,(H,17,18). The van der Waals surface area contributed by atoms with Crippen LogP contribution in [0.1, 0.15) is 29.6 Å². The van der Waals surface area contributed by atoms with Gasteiger partial charge in [0.1, 0.15) is 0 Å². The Bertz CT molecular complexity index is 453. The van der Waals surface area contributed by atoms with Gasteiger partial charge in [0.25, 0.3) is 5.91 Å². The summed E-state index contributed by atoms with van der Waals surface area (Å²) >= 11 is 12.8. The summed E-state index contributed by atoms with van der Waals surface area (Å²) in [5.74, 6) is 0.511. The van der Waals surface area contributed by atoms with Crippen molar-refractivity contribution in [3.63, 3.8) is 0 Å². The van der Waals surface area contributed by atoms with Crippen molar-refractivity contribution in [2.45, 2.75) is 25.3 Å². The first-order valence-electron chi connectivity index (χ1n) is 5.93. The topological polar surface area (TPSA) is 29.1 Å². The van der Waals surface area contributed by atoms with Crippen LogP contribution in [0.15, 0.2) is 22.7 Å². The van der Waals surface area contributed by atoms with E-state index in [0.717, 1.165) is 16.2 Å². The Morgan fingerprint density at radius 2 is 2.22 bits per heavy atom. The molecule has 0 saturated heterocycles. The number of halogens is 3. The van der Waals surface area contributed by atoms with Gasteiger partial charge in [-0.15, -0.1) is 0 Å². The van der Waals surface area contributed by atoms with Gasteiger partial charge in [-0.3, -0.25) is 4.79 Å². The van der Waals surface area contributed by atoms with E-state index in [1.165, 1.54) is 12.8 Å². The van der Waals surface area contributed by atoms with Gasteiger partial charge in [-0.25, -0.2) is 0 Å². The number of nitrogens with one attached hydrogen (secondary N) is 1. The molecule has 18 heavy (non-hydrogen) atoms. The smallest absolute Gasteiger partial charge is 0.252 e. The Balaban J connectivity index is 2.07. The van der Waals surface area contributed by atoms with Gasteiger partial charge in [-0.1, -0.05) is 34.0 Å². The second-order valence-electron chi connectivity index (χ2n) is 4.55. The molecule has 2 atom stereocenters. The molecule has 1 amide bonds. The molecule has 5 heteroatoms. The minimum absolute atomic E-state index is 0.0311. The molecule has 1 aliphatic carbocycles. The highest BCUT2D eigenvalue weighted by molar-refractivity contribution is 9.10. The number of alkyl halides is 1. The van der Waals surface area contributed by atoms with Crippen molar-refractivity contribution < 1.29 is 4.79 Å². The summed E-state index contributed by atoms with van der Waals surface area (Å²) < 4.78 is 0.737.